The van der Waals surface area contributed by atoms with Gasteiger partial charge in [-0.3, -0.25) is 0 Å². The Morgan fingerprint density at radius 2 is 2.05 bits per heavy atom. The summed E-state index contributed by atoms with van der Waals surface area (Å²) in [5.74, 6) is -0.331. The molecule has 0 bridgehead atoms. The van der Waals surface area contributed by atoms with Crippen LogP contribution in [0.15, 0.2) is 24.3 Å². The van der Waals surface area contributed by atoms with E-state index in [2.05, 4.69) is 10.1 Å². The summed E-state index contributed by atoms with van der Waals surface area (Å²) >= 11 is 0. The molecule has 0 radical (unpaired) electrons. The predicted molar refractivity (Wildman–Crippen MR) is 75.5 cm³/mol. The molecule has 1 heterocycles. The van der Waals surface area contributed by atoms with Crippen molar-refractivity contribution < 1.29 is 22.7 Å². The fourth-order valence-electron chi connectivity index (χ4n) is 2.31. The van der Waals surface area contributed by atoms with Gasteiger partial charge in [0.25, 0.3) is 0 Å². The van der Waals surface area contributed by atoms with Crippen LogP contribution in [0.3, 0.4) is 0 Å². The van der Waals surface area contributed by atoms with E-state index < -0.39 is 6.36 Å². The first-order valence-corrected chi connectivity index (χ1v) is 6.83. The smallest absolute Gasteiger partial charge is 0.406 e. The van der Waals surface area contributed by atoms with E-state index in [9.17, 15) is 18.0 Å². The first kappa shape index (κ1) is 16.4. The molecule has 2 amide bonds. The molecule has 0 aromatic heterocycles. The zero-order chi connectivity index (χ0) is 16.4. The number of rotatable bonds is 3. The number of nitrogens with two attached hydrogens (primary N) is 1. The zero-order valence-corrected chi connectivity index (χ0v) is 12.1. The van der Waals surface area contributed by atoms with E-state index in [1.54, 1.807) is 4.90 Å². The maximum absolute atomic E-state index is 12.1. The molecule has 1 atom stereocenters. The van der Waals surface area contributed by atoms with Gasteiger partial charge in [0, 0.05) is 18.8 Å². The summed E-state index contributed by atoms with van der Waals surface area (Å²) in [5, 5.41) is 2.65. The number of nitrogens with zero attached hydrogens (tertiary/aromatic N) is 1. The maximum atomic E-state index is 12.1. The molecule has 1 aliphatic heterocycles. The van der Waals surface area contributed by atoms with Gasteiger partial charge in [0.2, 0.25) is 0 Å². The van der Waals surface area contributed by atoms with Crippen molar-refractivity contribution >= 4 is 11.7 Å². The molecule has 0 aliphatic carbocycles. The van der Waals surface area contributed by atoms with Gasteiger partial charge in [0.05, 0.1) is 0 Å². The number of likely N-dealkylation sites (tertiary alicyclic amines) is 1. The third-order valence-electron chi connectivity index (χ3n) is 3.68. The summed E-state index contributed by atoms with van der Waals surface area (Å²) in [6.07, 6.45) is -3.90. The van der Waals surface area contributed by atoms with Gasteiger partial charge in [-0.1, -0.05) is 6.92 Å². The molecule has 5 nitrogen and oxygen atoms in total. The Bertz CT molecular complexity index is 533. The molecular formula is C14H18F3N3O2. The van der Waals surface area contributed by atoms with Crippen LogP contribution in [0.25, 0.3) is 0 Å². The van der Waals surface area contributed by atoms with Crippen LogP contribution in [0.2, 0.25) is 0 Å². The van der Waals surface area contributed by atoms with Crippen LogP contribution in [-0.4, -0.2) is 36.9 Å². The van der Waals surface area contributed by atoms with Gasteiger partial charge in [-0.25, -0.2) is 4.79 Å². The van der Waals surface area contributed by atoms with Crippen molar-refractivity contribution in [3.8, 4) is 5.75 Å². The molecule has 3 N–H and O–H groups in total. The summed E-state index contributed by atoms with van der Waals surface area (Å²) in [6.45, 7) is 3.68. The minimum absolute atomic E-state index is 0.0816. The third kappa shape index (κ3) is 4.27. The van der Waals surface area contributed by atoms with Crippen LogP contribution in [0, 0.1) is 5.41 Å². The monoisotopic (exact) mass is 317 g/mol. The first-order valence-electron chi connectivity index (χ1n) is 6.83. The molecule has 1 saturated heterocycles. The van der Waals surface area contributed by atoms with Crippen LogP contribution in [-0.2, 0) is 0 Å². The lowest BCUT2D eigenvalue weighted by molar-refractivity contribution is -0.274. The quantitative estimate of drug-likeness (QED) is 0.901. The molecule has 8 heteroatoms. The highest BCUT2D eigenvalue weighted by Crippen LogP contribution is 2.29. The number of halogens is 3. The Kier molecular flexibility index (Phi) is 4.50. The second-order valence-corrected chi connectivity index (χ2v) is 5.69. The molecule has 2 rings (SSSR count). The van der Waals surface area contributed by atoms with Gasteiger partial charge >= 0.3 is 12.4 Å². The van der Waals surface area contributed by atoms with Crippen molar-refractivity contribution in [3.63, 3.8) is 0 Å². The Morgan fingerprint density at radius 1 is 1.41 bits per heavy atom. The van der Waals surface area contributed by atoms with E-state index in [-0.39, 0.29) is 17.2 Å². The fraction of sp³-hybridized carbons (Fsp3) is 0.500. The normalized spacial score (nSPS) is 21.8. The Labute approximate surface area is 126 Å². The molecule has 1 aromatic carbocycles. The van der Waals surface area contributed by atoms with Crippen LogP contribution in [0.4, 0.5) is 23.7 Å². The highest BCUT2D eigenvalue weighted by Gasteiger charge is 2.35. The first-order chi connectivity index (χ1) is 10.2. The highest BCUT2D eigenvalue weighted by atomic mass is 19.4. The van der Waals surface area contributed by atoms with E-state index in [1.165, 1.54) is 12.1 Å². The van der Waals surface area contributed by atoms with Crippen LogP contribution in [0.5, 0.6) is 5.75 Å². The van der Waals surface area contributed by atoms with Crippen molar-refractivity contribution in [2.75, 3.05) is 25.0 Å². The number of amides is 2. The minimum Gasteiger partial charge on any atom is -0.406 e. The standard InChI is InChI=1S/C14H18F3N3O2/c1-13(8-18)6-7-20(9-13)12(21)19-10-2-4-11(5-3-10)22-14(15,16)17/h2-5H,6-9,18H2,1H3,(H,19,21). The molecule has 1 aliphatic rings. The van der Waals surface area contributed by atoms with Gasteiger partial charge in [0.1, 0.15) is 5.75 Å². The number of nitrogens with one attached hydrogen (secondary N) is 1. The topological polar surface area (TPSA) is 67.6 Å². The Morgan fingerprint density at radius 3 is 2.55 bits per heavy atom. The second-order valence-electron chi connectivity index (χ2n) is 5.69. The average molecular weight is 317 g/mol. The van der Waals surface area contributed by atoms with Crippen molar-refractivity contribution in [3.05, 3.63) is 24.3 Å². The molecule has 1 aromatic rings. The Hall–Kier alpha value is -1.96. The number of hydrogen-bond donors (Lipinski definition) is 2. The van der Waals surface area contributed by atoms with Crippen molar-refractivity contribution in [1.82, 2.24) is 4.90 Å². The average Bonchev–Trinajstić information content (AvgIpc) is 2.83. The number of ether oxygens (including phenoxy) is 1. The summed E-state index contributed by atoms with van der Waals surface area (Å²) in [4.78, 5) is 13.7. The van der Waals surface area contributed by atoms with Crippen molar-refractivity contribution in [1.29, 1.82) is 0 Å². The maximum Gasteiger partial charge on any atom is 0.573 e. The SMILES string of the molecule is CC1(CN)CCN(C(=O)Nc2ccc(OC(F)(F)F)cc2)C1. The van der Waals surface area contributed by atoms with E-state index in [0.29, 0.717) is 25.3 Å². The summed E-state index contributed by atoms with van der Waals surface area (Å²) in [7, 11) is 0. The van der Waals surface area contributed by atoms with Crippen LogP contribution >= 0.6 is 0 Å². The highest BCUT2D eigenvalue weighted by molar-refractivity contribution is 5.89. The molecule has 0 saturated carbocycles. The molecule has 0 spiro atoms. The molecule has 22 heavy (non-hydrogen) atoms. The van der Waals surface area contributed by atoms with Gasteiger partial charge in [-0.2, -0.15) is 0 Å². The van der Waals surface area contributed by atoms with Crippen LogP contribution in [0.1, 0.15) is 13.3 Å². The number of hydrogen-bond acceptors (Lipinski definition) is 3. The molecule has 1 fully saturated rings. The van der Waals surface area contributed by atoms with E-state index in [1.807, 2.05) is 6.92 Å². The van der Waals surface area contributed by atoms with Gasteiger partial charge in [-0.05, 0) is 42.6 Å². The second kappa shape index (κ2) is 6.04. The lowest BCUT2D eigenvalue weighted by Gasteiger charge is -2.22. The van der Waals surface area contributed by atoms with E-state index >= 15 is 0 Å². The van der Waals surface area contributed by atoms with Crippen molar-refractivity contribution in [2.45, 2.75) is 19.7 Å². The lowest BCUT2D eigenvalue weighted by Crippen LogP contribution is -2.36. The van der Waals surface area contributed by atoms with Gasteiger partial charge < -0.3 is 20.7 Å². The van der Waals surface area contributed by atoms with E-state index in [4.69, 9.17) is 5.73 Å². The number of urea groups is 1. The summed E-state index contributed by atoms with van der Waals surface area (Å²) in [5.41, 5.74) is 6.01. The van der Waals surface area contributed by atoms with Gasteiger partial charge in [0.15, 0.2) is 0 Å². The number of alkyl halides is 3. The predicted octanol–water partition coefficient (Wildman–Crippen LogP) is 2.79. The number of anilines is 1. The molecular weight excluding hydrogens is 299 g/mol. The third-order valence-corrected chi connectivity index (χ3v) is 3.68. The number of benzene rings is 1. The Balaban J connectivity index is 1.92. The van der Waals surface area contributed by atoms with Gasteiger partial charge in [-0.15, -0.1) is 13.2 Å². The minimum atomic E-state index is -4.73. The largest absolute Gasteiger partial charge is 0.573 e. The lowest BCUT2D eigenvalue weighted by atomic mass is 9.90. The van der Waals surface area contributed by atoms with E-state index in [0.717, 1.165) is 18.6 Å². The summed E-state index contributed by atoms with van der Waals surface area (Å²) in [6, 6.07) is 4.73. The number of carbonyl (C=O) groups is 1. The fourth-order valence-corrected chi connectivity index (χ4v) is 2.31. The van der Waals surface area contributed by atoms with Crippen molar-refractivity contribution in [2.24, 2.45) is 11.1 Å². The molecule has 122 valence electrons. The van der Waals surface area contributed by atoms with Crippen LogP contribution < -0.4 is 15.8 Å². The zero-order valence-electron chi connectivity index (χ0n) is 12.1. The molecule has 1 unspecified atom stereocenters. The summed E-state index contributed by atoms with van der Waals surface area (Å²) < 4.78 is 39.9. The number of carbonyl (C=O) groups excluding carboxylic acids is 1.